The molecule has 0 unspecified atom stereocenters. The first kappa shape index (κ1) is 19.5. The Morgan fingerprint density at radius 1 is 0.714 bits per heavy atom. The number of hydrogen-bond donors (Lipinski definition) is 2. The van der Waals surface area contributed by atoms with Crippen molar-refractivity contribution in [1.82, 2.24) is 4.72 Å². The Labute approximate surface area is 163 Å². The number of ketones is 1. The van der Waals surface area contributed by atoms with E-state index in [9.17, 15) is 18.0 Å². The highest BCUT2D eigenvalue weighted by atomic mass is 32.2. The largest absolute Gasteiger partial charge is 0.322 e. The highest BCUT2D eigenvalue weighted by Crippen LogP contribution is 2.15. The lowest BCUT2D eigenvalue weighted by molar-refractivity contribution is 0.0994. The maximum absolute atomic E-state index is 12.4. The number of nitrogens with one attached hydrogen (secondary N) is 2. The molecular formula is C21H18N2O4S. The monoisotopic (exact) mass is 394 g/mol. The first-order chi connectivity index (χ1) is 13.5. The second-order valence-electron chi connectivity index (χ2n) is 5.96. The maximum atomic E-state index is 12.4. The number of carbonyl (C=O) groups excluding carboxylic acids is 2. The number of rotatable bonds is 7. The van der Waals surface area contributed by atoms with Crippen molar-refractivity contribution in [3.8, 4) is 0 Å². The predicted octanol–water partition coefficient (Wildman–Crippen LogP) is 3.10. The van der Waals surface area contributed by atoms with Crippen LogP contribution in [0.1, 0.15) is 20.7 Å². The quantitative estimate of drug-likeness (QED) is 0.602. The van der Waals surface area contributed by atoms with Gasteiger partial charge in [-0.3, -0.25) is 9.59 Å². The Balaban J connectivity index is 1.63. The zero-order valence-electron chi connectivity index (χ0n) is 14.8. The Bertz CT molecular complexity index is 1060. The van der Waals surface area contributed by atoms with Crippen molar-refractivity contribution in [1.29, 1.82) is 0 Å². The molecule has 6 nitrogen and oxygen atoms in total. The van der Waals surface area contributed by atoms with E-state index in [1.807, 2.05) is 6.07 Å². The van der Waals surface area contributed by atoms with Crippen molar-refractivity contribution in [2.45, 2.75) is 4.90 Å². The van der Waals surface area contributed by atoms with Gasteiger partial charge in [-0.05, 0) is 36.4 Å². The van der Waals surface area contributed by atoms with Crippen LogP contribution in [0.3, 0.4) is 0 Å². The van der Waals surface area contributed by atoms with Gasteiger partial charge in [0, 0.05) is 16.8 Å². The van der Waals surface area contributed by atoms with Crippen molar-refractivity contribution in [2.75, 3.05) is 11.9 Å². The number of Topliss-reactive ketones (excluding diaryl/α,β-unsaturated/α-hetero) is 1. The van der Waals surface area contributed by atoms with Crippen LogP contribution in [0.4, 0.5) is 5.69 Å². The number of anilines is 1. The number of hydrogen-bond acceptors (Lipinski definition) is 4. The number of amides is 1. The minimum absolute atomic E-state index is 0.00562. The Morgan fingerprint density at radius 2 is 1.25 bits per heavy atom. The molecule has 142 valence electrons. The van der Waals surface area contributed by atoms with Crippen molar-refractivity contribution in [3.05, 3.63) is 96.1 Å². The minimum atomic E-state index is -3.84. The van der Waals surface area contributed by atoms with E-state index in [1.54, 1.807) is 54.6 Å². The third-order valence-corrected chi connectivity index (χ3v) is 5.39. The summed E-state index contributed by atoms with van der Waals surface area (Å²) in [6.45, 7) is -0.334. The van der Waals surface area contributed by atoms with Gasteiger partial charge in [0.15, 0.2) is 5.78 Å². The predicted molar refractivity (Wildman–Crippen MR) is 107 cm³/mol. The summed E-state index contributed by atoms with van der Waals surface area (Å²) in [4.78, 5) is 24.2. The van der Waals surface area contributed by atoms with E-state index in [0.717, 1.165) is 0 Å². The summed E-state index contributed by atoms with van der Waals surface area (Å²) in [5.41, 5.74) is 1.40. The van der Waals surface area contributed by atoms with Gasteiger partial charge in [-0.1, -0.05) is 48.5 Å². The van der Waals surface area contributed by atoms with Gasteiger partial charge in [0.25, 0.3) is 5.91 Å². The van der Waals surface area contributed by atoms with Crippen LogP contribution in [0, 0.1) is 0 Å². The zero-order valence-corrected chi connectivity index (χ0v) is 15.6. The minimum Gasteiger partial charge on any atom is -0.322 e. The van der Waals surface area contributed by atoms with Crippen molar-refractivity contribution in [3.63, 3.8) is 0 Å². The van der Waals surface area contributed by atoms with Crippen LogP contribution in [0.5, 0.6) is 0 Å². The van der Waals surface area contributed by atoms with Gasteiger partial charge in [0.2, 0.25) is 10.0 Å². The third kappa shape index (κ3) is 4.91. The smallest absolute Gasteiger partial charge is 0.255 e. The summed E-state index contributed by atoms with van der Waals surface area (Å²) in [6.07, 6.45) is 0. The molecule has 0 saturated carbocycles. The molecule has 28 heavy (non-hydrogen) atoms. The summed E-state index contributed by atoms with van der Waals surface area (Å²) >= 11 is 0. The first-order valence-electron chi connectivity index (χ1n) is 8.50. The van der Waals surface area contributed by atoms with Gasteiger partial charge in [0.1, 0.15) is 0 Å². The summed E-state index contributed by atoms with van der Waals surface area (Å²) in [7, 11) is -3.84. The average molecular weight is 394 g/mol. The van der Waals surface area contributed by atoms with E-state index in [2.05, 4.69) is 10.0 Å². The molecule has 3 rings (SSSR count). The lowest BCUT2D eigenvalue weighted by atomic mass is 10.1. The van der Waals surface area contributed by atoms with Crippen LogP contribution in [-0.2, 0) is 10.0 Å². The normalized spacial score (nSPS) is 11.0. The van der Waals surface area contributed by atoms with Crippen LogP contribution in [0.15, 0.2) is 89.8 Å². The summed E-state index contributed by atoms with van der Waals surface area (Å²) < 4.78 is 27.0. The Kier molecular flexibility index (Phi) is 5.98. The third-order valence-electron chi connectivity index (χ3n) is 3.98. The molecule has 0 aliphatic rings. The molecule has 0 fully saturated rings. The molecule has 0 bridgehead atoms. The van der Waals surface area contributed by atoms with Gasteiger partial charge in [-0.15, -0.1) is 0 Å². The van der Waals surface area contributed by atoms with Crippen molar-refractivity contribution in [2.24, 2.45) is 0 Å². The first-order valence-corrected chi connectivity index (χ1v) is 9.98. The number of sulfonamides is 1. The molecule has 0 aliphatic carbocycles. The molecule has 7 heteroatoms. The van der Waals surface area contributed by atoms with E-state index >= 15 is 0 Å². The van der Waals surface area contributed by atoms with Crippen molar-refractivity contribution >= 4 is 27.4 Å². The molecule has 1 amide bonds. The molecule has 0 saturated heterocycles. The Morgan fingerprint density at radius 3 is 1.82 bits per heavy atom. The molecule has 3 aromatic carbocycles. The molecule has 0 heterocycles. The average Bonchev–Trinajstić information content (AvgIpc) is 2.74. The van der Waals surface area contributed by atoms with E-state index in [-0.39, 0.29) is 23.1 Å². The summed E-state index contributed by atoms with van der Waals surface area (Å²) in [6, 6.07) is 22.9. The lowest BCUT2D eigenvalue weighted by Gasteiger charge is -2.08. The van der Waals surface area contributed by atoms with Gasteiger partial charge < -0.3 is 5.32 Å². The second-order valence-corrected chi connectivity index (χ2v) is 7.73. The zero-order chi connectivity index (χ0) is 20.0. The fourth-order valence-corrected chi connectivity index (χ4v) is 3.46. The molecule has 0 radical (unpaired) electrons. The summed E-state index contributed by atoms with van der Waals surface area (Å²) in [5.74, 6) is -0.612. The van der Waals surface area contributed by atoms with Gasteiger partial charge in [0.05, 0.1) is 11.4 Å². The number of carbonyl (C=O) groups is 2. The van der Waals surface area contributed by atoms with Gasteiger partial charge >= 0.3 is 0 Å². The van der Waals surface area contributed by atoms with Crippen molar-refractivity contribution < 1.29 is 18.0 Å². The van der Waals surface area contributed by atoms with Crippen LogP contribution in [-0.4, -0.2) is 26.7 Å². The molecular weight excluding hydrogens is 376 g/mol. The highest BCUT2D eigenvalue weighted by molar-refractivity contribution is 7.89. The van der Waals surface area contributed by atoms with E-state index in [1.165, 1.54) is 24.3 Å². The van der Waals surface area contributed by atoms with E-state index in [0.29, 0.717) is 16.8 Å². The topological polar surface area (TPSA) is 92.3 Å². The fourth-order valence-electron chi connectivity index (χ4n) is 2.48. The molecule has 0 aromatic heterocycles. The SMILES string of the molecule is O=C(CNS(=O)(=O)c1ccc(NC(=O)c2ccccc2)cc1)c1ccccc1. The molecule has 2 N–H and O–H groups in total. The second kappa shape index (κ2) is 8.60. The number of benzene rings is 3. The van der Waals surface area contributed by atoms with Crippen LogP contribution in [0.25, 0.3) is 0 Å². The standard InChI is InChI=1S/C21H18N2O4S/c24-20(16-7-3-1-4-8-16)15-22-28(26,27)19-13-11-18(12-14-19)23-21(25)17-9-5-2-6-10-17/h1-14,22H,15H2,(H,23,25). The highest BCUT2D eigenvalue weighted by Gasteiger charge is 2.16. The molecule has 0 spiro atoms. The lowest BCUT2D eigenvalue weighted by Crippen LogP contribution is -2.29. The fraction of sp³-hybridized carbons (Fsp3) is 0.0476. The van der Waals surface area contributed by atoms with Crippen LogP contribution in [0.2, 0.25) is 0 Å². The molecule has 0 atom stereocenters. The summed E-state index contributed by atoms with van der Waals surface area (Å²) in [5, 5.41) is 2.70. The van der Waals surface area contributed by atoms with Crippen LogP contribution >= 0.6 is 0 Å². The Hall–Kier alpha value is -3.29. The molecule has 0 aliphatic heterocycles. The van der Waals surface area contributed by atoms with Gasteiger partial charge in [-0.2, -0.15) is 0 Å². The van der Waals surface area contributed by atoms with E-state index in [4.69, 9.17) is 0 Å². The maximum Gasteiger partial charge on any atom is 0.255 e. The van der Waals surface area contributed by atoms with Gasteiger partial charge in [-0.25, -0.2) is 13.1 Å². The van der Waals surface area contributed by atoms with E-state index < -0.39 is 10.0 Å². The van der Waals surface area contributed by atoms with Crippen LogP contribution < -0.4 is 10.0 Å². The molecule has 3 aromatic rings.